The van der Waals surface area contributed by atoms with Crippen LogP contribution in [-0.4, -0.2) is 50.1 Å². The molecule has 7 heteroatoms. The van der Waals surface area contributed by atoms with Crippen LogP contribution in [0.15, 0.2) is 53.5 Å². The predicted octanol–water partition coefficient (Wildman–Crippen LogP) is 3.57. The zero-order valence-electron chi connectivity index (χ0n) is 17.2. The van der Waals surface area contributed by atoms with E-state index in [0.29, 0.717) is 36.8 Å². The van der Waals surface area contributed by atoms with Crippen molar-refractivity contribution >= 4 is 23.5 Å². The number of aliphatic imine (C=N–C) groups is 1. The van der Waals surface area contributed by atoms with Crippen LogP contribution >= 0.6 is 11.6 Å². The van der Waals surface area contributed by atoms with Gasteiger partial charge in [0.2, 0.25) is 0 Å². The molecule has 0 aromatic heterocycles. The van der Waals surface area contributed by atoms with Gasteiger partial charge in [0, 0.05) is 26.7 Å². The standard InChI is InChI=1S/C22H29ClN4O2/c1-4-24-22(27(3)16-17-10-12-18(13-11-17)29-5-2)26-15-14-25-21(28)19-8-6-7-9-20(19)23/h6-13H,4-5,14-16H2,1-3H3,(H,24,26)(H,25,28). The Morgan fingerprint density at radius 1 is 1.10 bits per heavy atom. The lowest BCUT2D eigenvalue weighted by Crippen LogP contribution is -2.39. The molecular formula is C22H29ClN4O2. The van der Waals surface area contributed by atoms with E-state index in [4.69, 9.17) is 16.3 Å². The largest absolute Gasteiger partial charge is 0.494 e. The zero-order valence-corrected chi connectivity index (χ0v) is 18.0. The van der Waals surface area contributed by atoms with Crippen LogP contribution in [0.3, 0.4) is 0 Å². The number of halogens is 1. The third kappa shape index (κ3) is 7.31. The summed E-state index contributed by atoms with van der Waals surface area (Å²) in [6.07, 6.45) is 0. The fourth-order valence-corrected chi connectivity index (χ4v) is 2.97. The first-order chi connectivity index (χ1) is 14.0. The molecule has 0 aliphatic heterocycles. The van der Waals surface area contributed by atoms with Gasteiger partial charge in [-0.3, -0.25) is 9.79 Å². The van der Waals surface area contributed by atoms with Gasteiger partial charge in [-0.2, -0.15) is 0 Å². The summed E-state index contributed by atoms with van der Waals surface area (Å²) < 4.78 is 5.48. The van der Waals surface area contributed by atoms with Gasteiger partial charge in [-0.25, -0.2) is 0 Å². The van der Waals surface area contributed by atoms with E-state index in [1.807, 2.05) is 33.0 Å². The van der Waals surface area contributed by atoms with Crippen LogP contribution in [0, 0.1) is 0 Å². The molecule has 0 aliphatic rings. The van der Waals surface area contributed by atoms with E-state index in [9.17, 15) is 4.79 Å². The van der Waals surface area contributed by atoms with Gasteiger partial charge < -0.3 is 20.3 Å². The molecule has 6 nitrogen and oxygen atoms in total. The molecule has 0 heterocycles. The Kier molecular flexibility index (Phi) is 9.31. The van der Waals surface area contributed by atoms with Crippen LogP contribution in [0.4, 0.5) is 0 Å². The topological polar surface area (TPSA) is 66.0 Å². The van der Waals surface area contributed by atoms with E-state index in [0.717, 1.165) is 23.8 Å². The minimum Gasteiger partial charge on any atom is -0.494 e. The lowest BCUT2D eigenvalue weighted by molar-refractivity contribution is 0.0955. The van der Waals surface area contributed by atoms with Crippen molar-refractivity contribution in [2.45, 2.75) is 20.4 Å². The van der Waals surface area contributed by atoms with Crippen LogP contribution in [0.5, 0.6) is 5.75 Å². The lowest BCUT2D eigenvalue weighted by Gasteiger charge is -2.22. The maximum absolute atomic E-state index is 12.2. The summed E-state index contributed by atoms with van der Waals surface area (Å²) in [5.74, 6) is 1.46. The smallest absolute Gasteiger partial charge is 0.252 e. The molecule has 156 valence electrons. The average molecular weight is 417 g/mol. The second-order valence-electron chi connectivity index (χ2n) is 6.40. The summed E-state index contributed by atoms with van der Waals surface area (Å²) in [7, 11) is 1.99. The Morgan fingerprint density at radius 2 is 1.83 bits per heavy atom. The van der Waals surface area contributed by atoms with E-state index >= 15 is 0 Å². The molecule has 0 saturated heterocycles. The van der Waals surface area contributed by atoms with Gasteiger partial charge in [0.15, 0.2) is 5.96 Å². The highest BCUT2D eigenvalue weighted by Gasteiger charge is 2.09. The molecule has 2 rings (SSSR count). The van der Waals surface area contributed by atoms with E-state index < -0.39 is 0 Å². The number of nitrogens with zero attached hydrogens (tertiary/aromatic N) is 2. The van der Waals surface area contributed by atoms with Crippen LogP contribution in [-0.2, 0) is 6.54 Å². The molecule has 2 aromatic carbocycles. The van der Waals surface area contributed by atoms with Crippen LogP contribution in [0.1, 0.15) is 29.8 Å². The van der Waals surface area contributed by atoms with Crippen LogP contribution in [0.25, 0.3) is 0 Å². The van der Waals surface area contributed by atoms with Gasteiger partial charge in [0.1, 0.15) is 5.75 Å². The van der Waals surface area contributed by atoms with Crippen molar-refractivity contribution in [3.05, 3.63) is 64.7 Å². The second-order valence-corrected chi connectivity index (χ2v) is 6.81. The van der Waals surface area contributed by atoms with Crippen molar-refractivity contribution in [1.29, 1.82) is 0 Å². The Bertz CT molecular complexity index is 809. The number of benzene rings is 2. The predicted molar refractivity (Wildman–Crippen MR) is 119 cm³/mol. The molecule has 0 bridgehead atoms. The third-order valence-electron chi connectivity index (χ3n) is 4.13. The fourth-order valence-electron chi connectivity index (χ4n) is 2.75. The Hall–Kier alpha value is -2.73. The summed E-state index contributed by atoms with van der Waals surface area (Å²) in [4.78, 5) is 18.9. The highest BCUT2D eigenvalue weighted by atomic mass is 35.5. The van der Waals surface area contributed by atoms with Gasteiger partial charge in [-0.1, -0.05) is 35.9 Å². The normalized spacial score (nSPS) is 11.1. The molecule has 0 spiro atoms. The van der Waals surface area contributed by atoms with Crippen molar-refractivity contribution in [2.24, 2.45) is 4.99 Å². The minimum atomic E-state index is -0.196. The Balaban J connectivity index is 1.89. The highest BCUT2D eigenvalue weighted by molar-refractivity contribution is 6.33. The zero-order chi connectivity index (χ0) is 21.1. The Labute approximate surface area is 177 Å². The molecular weight excluding hydrogens is 388 g/mol. The SMILES string of the molecule is CCNC(=NCCNC(=O)c1ccccc1Cl)N(C)Cc1ccc(OCC)cc1. The first-order valence-corrected chi connectivity index (χ1v) is 10.2. The maximum atomic E-state index is 12.2. The van der Waals surface area contributed by atoms with Crippen molar-refractivity contribution in [1.82, 2.24) is 15.5 Å². The number of carbonyl (C=O) groups is 1. The molecule has 0 aliphatic carbocycles. The number of rotatable bonds is 9. The molecule has 0 radical (unpaired) electrons. The first-order valence-electron chi connectivity index (χ1n) is 9.79. The van der Waals surface area contributed by atoms with Gasteiger partial charge >= 0.3 is 0 Å². The molecule has 0 saturated carbocycles. The maximum Gasteiger partial charge on any atom is 0.252 e. The molecule has 0 atom stereocenters. The summed E-state index contributed by atoms with van der Waals surface area (Å²) in [5.41, 5.74) is 1.63. The van der Waals surface area contributed by atoms with Gasteiger partial charge in [-0.15, -0.1) is 0 Å². The number of guanidine groups is 1. The summed E-state index contributed by atoms with van der Waals surface area (Å²) in [6, 6.07) is 15.0. The molecule has 29 heavy (non-hydrogen) atoms. The second kappa shape index (κ2) is 12.0. The van der Waals surface area contributed by atoms with Gasteiger partial charge in [-0.05, 0) is 43.7 Å². The Morgan fingerprint density at radius 3 is 2.48 bits per heavy atom. The molecule has 2 aromatic rings. The van der Waals surface area contributed by atoms with Crippen LogP contribution in [0.2, 0.25) is 5.02 Å². The molecule has 2 N–H and O–H groups in total. The number of hydrogen-bond donors (Lipinski definition) is 2. The summed E-state index contributed by atoms with van der Waals surface area (Å²) in [6.45, 7) is 7.02. The first kappa shape index (κ1) is 22.6. The summed E-state index contributed by atoms with van der Waals surface area (Å²) >= 11 is 6.06. The van der Waals surface area contributed by atoms with E-state index in [2.05, 4.69) is 32.7 Å². The number of nitrogens with one attached hydrogen (secondary N) is 2. The number of hydrogen-bond acceptors (Lipinski definition) is 3. The summed E-state index contributed by atoms with van der Waals surface area (Å²) in [5, 5.41) is 6.58. The van der Waals surface area contributed by atoms with Crippen molar-refractivity contribution < 1.29 is 9.53 Å². The number of carbonyl (C=O) groups excluding carboxylic acids is 1. The molecule has 1 amide bonds. The van der Waals surface area contributed by atoms with Crippen molar-refractivity contribution in [2.75, 3.05) is 33.3 Å². The minimum absolute atomic E-state index is 0.196. The fraction of sp³-hybridized carbons (Fsp3) is 0.364. The molecule has 0 unspecified atom stereocenters. The van der Waals surface area contributed by atoms with Crippen molar-refractivity contribution in [3.63, 3.8) is 0 Å². The third-order valence-corrected chi connectivity index (χ3v) is 4.46. The number of ether oxygens (including phenoxy) is 1. The van der Waals surface area contributed by atoms with E-state index in [1.54, 1.807) is 24.3 Å². The van der Waals surface area contributed by atoms with Gasteiger partial charge in [0.05, 0.1) is 23.7 Å². The monoisotopic (exact) mass is 416 g/mol. The lowest BCUT2D eigenvalue weighted by atomic mass is 10.2. The van der Waals surface area contributed by atoms with Gasteiger partial charge in [0.25, 0.3) is 5.91 Å². The van der Waals surface area contributed by atoms with Crippen molar-refractivity contribution in [3.8, 4) is 5.75 Å². The highest BCUT2D eigenvalue weighted by Crippen LogP contribution is 2.14. The average Bonchev–Trinajstić information content (AvgIpc) is 2.72. The molecule has 0 fully saturated rings. The number of amides is 1. The van der Waals surface area contributed by atoms with E-state index in [-0.39, 0.29) is 5.91 Å². The van der Waals surface area contributed by atoms with Crippen LogP contribution < -0.4 is 15.4 Å². The van der Waals surface area contributed by atoms with E-state index in [1.165, 1.54) is 0 Å². The quantitative estimate of drug-likeness (QED) is 0.372.